The summed E-state index contributed by atoms with van der Waals surface area (Å²) in [6.45, 7) is 7.71. The van der Waals surface area contributed by atoms with E-state index in [0.29, 0.717) is 38.0 Å². The van der Waals surface area contributed by atoms with Crippen molar-refractivity contribution in [2.24, 2.45) is 5.73 Å². The van der Waals surface area contributed by atoms with Crippen LogP contribution in [0.5, 0.6) is 0 Å². The van der Waals surface area contributed by atoms with Gasteiger partial charge < -0.3 is 40.3 Å². The molecule has 0 aliphatic carbocycles. The van der Waals surface area contributed by atoms with Crippen LogP contribution in [0.15, 0.2) is 54.6 Å². The smallest absolute Gasteiger partial charge is 0.545 e. The van der Waals surface area contributed by atoms with Gasteiger partial charge in [-0.05, 0) is 61.6 Å². The van der Waals surface area contributed by atoms with E-state index in [4.69, 9.17) is 19.1 Å². The van der Waals surface area contributed by atoms with Crippen LogP contribution in [0.25, 0.3) is 11.1 Å². The Labute approximate surface area is 271 Å². The standard InChI is InChI=1S/C26H35NO5S.C2H4O.CH5N.CHO.Na/c1-2-33-16-6-15-31-25-18-22(28)17-24(32-25)23(29)13-14-27-26(30)21-11-9-20(10-12-21)19-7-4-3-5-8-19;1-2-3;2*1-2;/h3-5,7-12,22-25,28-29H,2,6,13-18H2,1H3,(H,27,30);2H,1H3;2H2,1H3;1H;/q;;;-1;+1. The number of nitrogens with one attached hydrogen (secondary N) is 1. The van der Waals surface area contributed by atoms with E-state index in [2.05, 4.69) is 24.8 Å². The minimum atomic E-state index is -0.789. The maximum Gasteiger partial charge on any atom is 1.00 e. The molecule has 1 aliphatic rings. The van der Waals surface area contributed by atoms with E-state index in [1.54, 1.807) is 12.1 Å². The number of hydrogen-bond donors (Lipinski definition) is 4. The summed E-state index contributed by atoms with van der Waals surface area (Å²) in [7, 11) is 1.50. The molecule has 5 N–H and O–H groups in total. The number of carbonyl (C=O) groups is 2. The Balaban J connectivity index is 0. The summed E-state index contributed by atoms with van der Waals surface area (Å²) in [5.74, 6) is 1.94. The van der Waals surface area contributed by atoms with Gasteiger partial charge in [0.15, 0.2) is 6.29 Å². The summed E-state index contributed by atoms with van der Waals surface area (Å²) >= 11 is 1.87. The van der Waals surface area contributed by atoms with Gasteiger partial charge >= 0.3 is 29.6 Å². The van der Waals surface area contributed by atoms with Gasteiger partial charge in [0.05, 0.1) is 24.9 Å². The fraction of sp³-hybridized carbons (Fsp3) is 0.500. The number of aldehydes is 1. The van der Waals surface area contributed by atoms with Crippen molar-refractivity contribution < 1.29 is 63.6 Å². The van der Waals surface area contributed by atoms with Crippen LogP contribution in [-0.2, 0) is 19.1 Å². The van der Waals surface area contributed by atoms with Gasteiger partial charge in [0.2, 0.25) is 0 Å². The van der Waals surface area contributed by atoms with E-state index in [1.807, 2.05) is 54.2 Å². The van der Waals surface area contributed by atoms with Gasteiger partial charge in [-0.2, -0.15) is 11.8 Å². The number of thioether (sulfide) groups is 1. The van der Waals surface area contributed by atoms with E-state index in [1.165, 1.54) is 14.0 Å². The molecule has 41 heavy (non-hydrogen) atoms. The molecule has 2 aromatic carbocycles. The molecule has 2 aromatic rings. The van der Waals surface area contributed by atoms with Crippen LogP contribution >= 0.6 is 11.8 Å². The van der Waals surface area contributed by atoms with Crippen LogP contribution in [0, 0.1) is 0 Å². The maximum absolute atomic E-state index is 12.5. The third kappa shape index (κ3) is 17.8. The van der Waals surface area contributed by atoms with Crippen molar-refractivity contribution in [2.75, 3.05) is 31.7 Å². The maximum atomic E-state index is 12.5. The van der Waals surface area contributed by atoms with Gasteiger partial charge in [-0.3, -0.25) is 11.6 Å². The predicted octanol–water partition coefficient (Wildman–Crippen LogP) is 0.370. The molecule has 3 rings (SSSR count). The van der Waals surface area contributed by atoms with Gasteiger partial charge in [-0.15, -0.1) is 0 Å². The molecule has 1 aliphatic heterocycles. The van der Waals surface area contributed by atoms with Crippen LogP contribution in [0.2, 0.25) is 0 Å². The number of aliphatic hydroxyl groups excluding tert-OH is 2. The molecule has 0 radical (unpaired) electrons. The SMILES string of the molecule is CC=O.CCSCCCOC1CC(O)CC(C(O)CCNC(=O)c2ccc(-c3ccccc3)cc2)O1.CN.[CH-]=O.[Na+]. The minimum Gasteiger partial charge on any atom is -0.545 e. The van der Waals surface area contributed by atoms with Crippen LogP contribution in [0.4, 0.5) is 0 Å². The third-order valence-corrected chi connectivity index (χ3v) is 6.63. The number of nitrogens with two attached hydrogens (primary N) is 1. The fourth-order valence-corrected chi connectivity index (χ4v) is 4.44. The van der Waals surface area contributed by atoms with Gasteiger partial charge in [-0.25, -0.2) is 0 Å². The molecule has 11 heteroatoms. The zero-order valence-corrected chi connectivity index (χ0v) is 27.6. The van der Waals surface area contributed by atoms with Gasteiger partial charge in [0.1, 0.15) is 6.29 Å². The Hall–Kier alpha value is -1.60. The normalized spacial score (nSPS) is 17.9. The van der Waals surface area contributed by atoms with Crippen molar-refractivity contribution in [2.45, 2.75) is 64.1 Å². The summed E-state index contributed by atoms with van der Waals surface area (Å²) < 4.78 is 11.6. The first-order chi connectivity index (χ1) is 19.5. The van der Waals surface area contributed by atoms with Gasteiger partial charge in [-0.1, -0.05) is 49.4 Å². The topological polar surface area (TPSA) is 148 Å². The molecule has 4 unspecified atom stereocenters. The third-order valence-electron chi connectivity index (χ3n) is 5.65. The molecule has 4 atom stereocenters. The largest absolute Gasteiger partial charge is 1.00 e. The molecular formula is C30H45N2NaO7S. The van der Waals surface area contributed by atoms with E-state index in [0.717, 1.165) is 35.3 Å². The fourth-order valence-electron chi connectivity index (χ4n) is 3.83. The van der Waals surface area contributed by atoms with Crippen LogP contribution in [0.3, 0.4) is 0 Å². The molecule has 1 heterocycles. The molecule has 0 aromatic heterocycles. The van der Waals surface area contributed by atoms with Crippen molar-refractivity contribution in [3.63, 3.8) is 0 Å². The number of benzene rings is 2. The van der Waals surface area contributed by atoms with Crippen molar-refractivity contribution in [3.05, 3.63) is 60.2 Å². The second-order valence-corrected chi connectivity index (χ2v) is 9.84. The molecule has 9 nitrogen and oxygen atoms in total. The van der Waals surface area contributed by atoms with E-state index in [-0.39, 0.29) is 35.5 Å². The van der Waals surface area contributed by atoms with E-state index in [9.17, 15) is 15.0 Å². The first-order valence-electron chi connectivity index (χ1n) is 13.3. The van der Waals surface area contributed by atoms with Crippen molar-refractivity contribution >= 4 is 30.7 Å². The number of rotatable bonds is 12. The van der Waals surface area contributed by atoms with Crippen molar-refractivity contribution in [3.8, 4) is 11.1 Å². The molecule has 1 amide bonds. The molecular weight excluding hydrogens is 555 g/mol. The average Bonchev–Trinajstić information content (AvgIpc) is 2.99. The monoisotopic (exact) mass is 600 g/mol. The number of hydrogen-bond acceptors (Lipinski definition) is 9. The van der Waals surface area contributed by atoms with Crippen LogP contribution in [0.1, 0.15) is 49.9 Å². The number of carbonyl (C=O) groups excluding carboxylic acids is 3. The quantitative estimate of drug-likeness (QED) is 0.117. The molecule has 0 saturated carbocycles. The zero-order chi connectivity index (χ0) is 30.2. The summed E-state index contributed by atoms with van der Waals surface area (Å²) in [6.07, 6.45) is 0.434. The Kier molecular flexibility index (Phi) is 27.6. The van der Waals surface area contributed by atoms with Crippen LogP contribution < -0.4 is 40.6 Å². The summed E-state index contributed by atoms with van der Waals surface area (Å²) in [4.78, 5) is 29.0. The molecule has 1 saturated heterocycles. The predicted molar refractivity (Wildman–Crippen MR) is 161 cm³/mol. The summed E-state index contributed by atoms with van der Waals surface area (Å²) in [5.41, 5.74) is 7.23. The Bertz CT molecular complexity index is 909. The first-order valence-corrected chi connectivity index (χ1v) is 14.5. The second-order valence-electron chi connectivity index (χ2n) is 8.44. The number of aliphatic hydroxyl groups is 2. The molecule has 0 spiro atoms. The molecule has 224 valence electrons. The van der Waals surface area contributed by atoms with E-state index < -0.39 is 24.6 Å². The minimum absolute atomic E-state index is 0. The Morgan fingerprint density at radius 2 is 1.73 bits per heavy atom. The van der Waals surface area contributed by atoms with Gasteiger partial charge in [0.25, 0.3) is 5.91 Å². The number of ether oxygens (including phenoxy) is 2. The Morgan fingerprint density at radius 1 is 1.15 bits per heavy atom. The van der Waals surface area contributed by atoms with Gasteiger partial charge in [0, 0.05) is 24.9 Å². The average molecular weight is 601 g/mol. The second kappa shape index (κ2) is 27.2. The molecule has 0 bridgehead atoms. The zero-order valence-electron chi connectivity index (χ0n) is 24.7. The summed E-state index contributed by atoms with van der Waals surface area (Å²) in [5, 5.41) is 23.6. The summed E-state index contributed by atoms with van der Waals surface area (Å²) in [6, 6.07) is 17.5. The first kappa shape index (κ1) is 41.5. The number of amides is 1. The Morgan fingerprint density at radius 3 is 2.32 bits per heavy atom. The van der Waals surface area contributed by atoms with Crippen LogP contribution in [-0.4, -0.2) is 85.5 Å². The van der Waals surface area contributed by atoms with E-state index >= 15 is 0 Å². The van der Waals surface area contributed by atoms with Crippen molar-refractivity contribution in [1.29, 1.82) is 0 Å². The molecule has 1 fully saturated rings. The van der Waals surface area contributed by atoms with Crippen molar-refractivity contribution in [1.82, 2.24) is 5.32 Å².